The van der Waals surface area contributed by atoms with Gasteiger partial charge in [0.25, 0.3) is 0 Å². The van der Waals surface area contributed by atoms with E-state index in [0.717, 1.165) is 56.9 Å². The Hall–Kier alpha value is -3.74. The number of hydrogen-bond acceptors (Lipinski definition) is 5. The first-order valence-electron chi connectivity index (χ1n) is 12.3. The minimum atomic E-state index is -0.0146. The first kappa shape index (κ1) is 25.4. The molecule has 0 spiro atoms. The number of rotatable bonds is 12. The molecule has 2 N–H and O–H groups in total. The van der Waals surface area contributed by atoms with Gasteiger partial charge in [0.1, 0.15) is 38.3 Å². The van der Waals surface area contributed by atoms with E-state index >= 15 is 0 Å². The normalized spacial score (nSPS) is 10.7. The van der Waals surface area contributed by atoms with Gasteiger partial charge in [-0.25, -0.2) is 0 Å². The summed E-state index contributed by atoms with van der Waals surface area (Å²) in [5, 5.41) is 18.0. The van der Waals surface area contributed by atoms with Crippen LogP contribution in [0.3, 0.4) is 0 Å². The van der Waals surface area contributed by atoms with Gasteiger partial charge in [0.2, 0.25) is 0 Å². The maximum Gasteiger partial charge on any atom is 0.119 e. The van der Waals surface area contributed by atoms with Crippen molar-refractivity contribution in [2.75, 3.05) is 33.0 Å². The first-order valence-corrected chi connectivity index (χ1v) is 12.3. The SMILES string of the molecule is BCCOc1ccc(-c2cc(-c3ccc(OCCO)cc3)cc(-c3ccc(OCCO)cc3)c2)cc1. The fourth-order valence-corrected chi connectivity index (χ4v) is 3.91. The van der Waals surface area contributed by atoms with Crippen LogP contribution in [0, 0.1) is 0 Å². The van der Waals surface area contributed by atoms with E-state index in [1.54, 1.807) is 0 Å². The smallest absolute Gasteiger partial charge is 0.119 e. The molecule has 0 aliphatic carbocycles. The molecule has 0 aliphatic heterocycles. The zero-order valence-electron chi connectivity index (χ0n) is 20.5. The summed E-state index contributed by atoms with van der Waals surface area (Å²) in [6.45, 7) is 1.22. The third-order valence-electron chi connectivity index (χ3n) is 5.69. The Labute approximate surface area is 213 Å². The molecule has 4 aromatic rings. The zero-order valence-corrected chi connectivity index (χ0v) is 20.5. The second-order valence-electron chi connectivity index (χ2n) is 8.36. The zero-order chi connectivity index (χ0) is 25.2. The van der Waals surface area contributed by atoms with Gasteiger partial charge in [0.15, 0.2) is 0 Å². The van der Waals surface area contributed by atoms with Crippen LogP contribution in [-0.2, 0) is 0 Å². The number of aliphatic hydroxyl groups excluding tert-OH is 2. The molecule has 0 heterocycles. The minimum Gasteiger partial charge on any atom is -0.494 e. The molecule has 0 radical (unpaired) electrons. The van der Waals surface area contributed by atoms with Crippen LogP contribution in [0.4, 0.5) is 0 Å². The van der Waals surface area contributed by atoms with Crippen molar-refractivity contribution in [3.8, 4) is 50.6 Å². The fraction of sp³-hybridized carbons (Fsp3) is 0.200. The van der Waals surface area contributed by atoms with Crippen LogP contribution in [-0.4, -0.2) is 51.1 Å². The van der Waals surface area contributed by atoms with E-state index in [-0.39, 0.29) is 26.4 Å². The van der Waals surface area contributed by atoms with Crippen molar-refractivity contribution in [3.05, 3.63) is 91.0 Å². The number of hydrogen-bond donors (Lipinski definition) is 2. The first-order chi connectivity index (χ1) is 17.7. The molecule has 4 rings (SSSR count). The van der Waals surface area contributed by atoms with Gasteiger partial charge in [0, 0.05) is 0 Å². The van der Waals surface area contributed by atoms with E-state index in [9.17, 15) is 0 Å². The predicted octanol–water partition coefficient (Wildman–Crippen LogP) is 4.86. The molecule has 0 saturated heterocycles. The number of ether oxygens (including phenoxy) is 3. The van der Waals surface area contributed by atoms with Crippen LogP contribution >= 0.6 is 0 Å². The molecule has 4 aromatic carbocycles. The largest absolute Gasteiger partial charge is 0.494 e. The van der Waals surface area contributed by atoms with Gasteiger partial charge < -0.3 is 24.4 Å². The molecule has 0 atom stereocenters. The summed E-state index contributed by atoms with van der Waals surface area (Å²) in [6.07, 6.45) is 0.973. The van der Waals surface area contributed by atoms with E-state index in [1.807, 2.05) is 60.7 Å². The second-order valence-corrected chi connectivity index (χ2v) is 8.36. The fourth-order valence-electron chi connectivity index (χ4n) is 3.91. The Bertz CT molecular complexity index is 1050. The van der Waals surface area contributed by atoms with Crippen molar-refractivity contribution in [1.82, 2.24) is 0 Å². The van der Waals surface area contributed by atoms with Crippen LogP contribution in [0.25, 0.3) is 33.4 Å². The van der Waals surface area contributed by atoms with E-state index in [1.165, 1.54) is 0 Å². The van der Waals surface area contributed by atoms with Crippen LogP contribution in [0.5, 0.6) is 17.2 Å². The van der Waals surface area contributed by atoms with Gasteiger partial charge in [-0.15, -0.1) is 0 Å². The summed E-state index contributed by atoms with van der Waals surface area (Å²) >= 11 is 0. The van der Waals surface area contributed by atoms with Gasteiger partial charge in [-0.3, -0.25) is 0 Å². The standard InChI is InChI=1S/C30H31BO5/c31-13-16-34-28-7-1-22(2-8-28)25-19-26(23-3-9-29(10-4-23)35-17-14-32)21-27(20-25)24-5-11-30(12-6-24)36-18-15-33/h1-12,19-21,32-33H,13-18,31H2. The predicted molar refractivity (Wildman–Crippen MR) is 147 cm³/mol. The summed E-state index contributed by atoms with van der Waals surface area (Å²) in [7, 11) is 2.10. The van der Waals surface area contributed by atoms with E-state index in [4.69, 9.17) is 24.4 Å². The van der Waals surface area contributed by atoms with Gasteiger partial charge in [-0.2, -0.15) is 0 Å². The molecule has 0 aromatic heterocycles. The van der Waals surface area contributed by atoms with Crippen molar-refractivity contribution < 1.29 is 24.4 Å². The van der Waals surface area contributed by atoms with Crippen molar-refractivity contribution in [2.45, 2.75) is 6.32 Å². The Morgan fingerprint density at radius 3 is 1.03 bits per heavy atom. The topological polar surface area (TPSA) is 68.2 Å². The second kappa shape index (κ2) is 12.8. The molecule has 0 saturated carbocycles. The Kier molecular flexibility index (Phi) is 9.03. The van der Waals surface area contributed by atoms with Gasteiger partial charge in [-0.05, 0) is 94.3 Å². The van der Waals surface area contributed by atoms with Crippen molar-refractivity contribution in [3.63, 3.8) is 0 Å². The highest BCUT2D eigenvalue weighted by atomic mass is 16.5. The summed E-state index contributed by atoms with van der Waals surface area (Å²) in [6, 6.07) is 30.6. The molecule has 6 heteroatoms. The third-order valence-corrected chi connectivity index (χ3v) is 5.69. The molecule has 36 heavy (non-hydrogen) atoms. The monoisotopic (exact) mass is 482 g/mol. The quantitative estimate of drug-likeness (QED) is 0.283. The molecular formula is C30H31BO5. The van der Waals surface area contributed by atoms with Crippen LogP contribution in [0.2, 0.25) is 6.32 Å². The van der Waals surface area contributed by atoms with Gasteiger partial charge in [0.05, 0.1) is 19.8 Å². The summed E-state index contributed by atoms with van der Waals surface area (Å²) in [4.78, 5) is 0. The van der Waals surface area contributed by atoms with E-state index < -0.39 is 0 Å². The summed E-state index contributed by atoms with van der Waals surface area (Å²) in [5.41, 5.74) is 6.52. The molecule has 0 unspecified atom stereocenters. The van der Waals surface area contributed by atoms with E-state index in [0.29, 0.717) is 6.61 Å². The van der Waals surface area contributed by atoms with Crippen LogP contribution < -0.4 is 14.2 Å². The Morgan fingerprint density at radius 2 is 0.750 bits per heavy atom. The minimum absolute atomic E-state index is 0.0146. The maximum absolute atomic E-state index is 9.01. The molecule has 0 bridgehead atoms. The summed E-state index contributed by atoms with van der Waals surface area (Å²) < 4.78 is 16.8. The molecule has 184 valence electrons. The third kappa shape index (κ3) is 6.69. The van der Waals surface area contributed by atoms with Gasteiger partial charge >= 0.3 is 0 Å². The van der Waals surface area contributed by atoms with Crippen molar-refractivity contribution >= 4 is 7.85 Å². The molecule has 0 fully saturated rings. The highest BCUT2D eigenvalue weighted by Gasteiger charge is 2.09. The highest BCUT2D eigenvalue weighted by Crippen LogP contribution is 2.34. The van der Waals surface area contributed by atoms with Gasteiger partial charge in [-0.1, -0.05) is 36.4 Å². The molecule has 0 amide bonds. The Balaban J connectivity index is 1.70. The highest BCUT2D eigenvalue weighted by molar-refractivity contribution is 6.08. The summed E-state index contributed by atoms with van der Waals surface area (Å²) in [5.74, 6) is 2.32. The molecular weight excluding hydrogens is 451 g/mol. The lowest BCUT2D eigenvalue weighted by atomic mass is 9.93. The van der Waals surface area contributed by atoms with Crippen LogP contribution in [0.15, 0.2) is 91.0 Å². The maximum atomic E-state index is 9.01. The Morgan fingerprint density at radius 1 is 0.444 bits per heavy atom. The number of aliphatic hydroxyl groups is 2. The average molecular weight is 482 g/mol. The number of benzene rings is 4. The van der Waals surface area contributed by atoms with Crippen molar-refractivity contribution in [1.29, 1.82) is 0 Å². The van der Waals surface area contributed by atoms with Crippen LogP contribution in [0.1, 0.15) is 0 Å². The molecule has 0 aliphatic rings. The van der Waals surface area contributed by atoms with Crippen molar-refractivity contribution in [2.24, 2.45) is 0 Å². The average Bonchev–Trinajstić information content (AvgIpc) is 2.94. The lowest BCUT2D eigenvalue weighted by Crippen LogP contribution is -2.01. The lowest BCUT2D eigenvalue weighted by Gasteiger charge is -2.13. The lowest BCUT2D eigenvalue weighted by molar-refractivity contribution is 0.201. The van der Waals surface area contributed by atoms with E-state index in [2.05, 4.69) is 38.2 Å². The molecule has 5 nitrogen and oxygen atoms in total.